The van der Waals surface area contributed by atoms with E-state index in [0.717, 1.165) is 34.5 Å². The summed E-state index contributed by atoms with van der Waals surface area (Å²) in [5.74, 6) is 0.0790. The average molecular weight is 333 g/mol. The van der Waals surface area contributed by atoms with Crippen LogP contribution in [-0.2, 0) is 11.2 Å². The van der Waals surface area contributed by atoms with Gasteiger partial charge in [-0.1, -0.05) is 18.2 Å². The van der Waals surface area contributed by atoms with Gasteiger partial charge in [-0.15, -0.1) is 0 Å². The number of rotatable bonds is 2. The van der Waals surface area contributed by atoms with Crippen molar-refractivity contribution in [3.8, 4) is 11.1 Å². The van der Waals surface area contributed by atoms with Gasteiger partial charge in [-0.25, -0.2) is 0 Å². The molecule has 0 unspecified atom stereocenters. The lowest BCUT2D eigenvalue weighted by molar-refractivity contribution is -0.117. The lowest BCUT2D eigenvalue weighted by Crippen LogP contribution is -2.20. The third-order valence-electron chi connectivity index (χ3n) is 4.75. The molecule has 0 radical (unpaired) electrons. The second kappa shape index (κ2) is 5.77. The van der Waals surface area contributed by atoms with Gasteiger partial charge >= 0.3 is 0 Å². The molecule has 2 aliphatic rings. The number of hydrogen-bond acceptors (Lipinski definition) is 3. The Bertz CT molecular complexity index is 985. The predicted molar refractivity (Wildman–Crippen MR) is 99.4 cm³/mol. The number of aromatic amines is 1. The molecule has 1 aromatic heterocycles. The Hall–Kier alpha value is -3.08. The number of carbonyl (C=O) groups is 1. The largest absolute Gasteiger partial charge is 0.376 e. The summed E-state index contributed by atoms with van der Waals surface area (Å²) in [5, 5.41) is 0. The first-order chi connectivity index (χ1) is 12.0. The zero-order valence-corrected chi connectivity index (χ0v) is 14.2. The SMILES string of the molecule is CN1C=C(c2c[nH]c(=O)c(-c3ccc4c(c3)CC(=O)N4C)c2)C=CC1. The molecule has 0 spiro atoms. The van der Waals surface area contributed by atoms with Crippen molar-refractivity contribution in [3.05, 3.63) is 70.3 Å². The van der Waals surface area contributed by atoms with Crippen molar-refractivity contribution in [2.24, 2.45) is 0 Å². The number of hydrogen-bond donors (Lipinski definition) is 1. The molecule has 3 heterocycles. The molecule has 2 aliphatic heterocycles. The lowest BCUT2D eigenvalue weighted by Gasteiger charge is -2.18. The van der Waals surface area contributed by atoms with Crippen molar-refractivity contribution in [3.63, 3.8) is 0 Å². The summed E-state index contributed by atoms with van der Waals surface area (Å²) in [4.78, 5) is 30.8. The fraction of sp³-hybridized carbons (Fsp3) is 0.200. The van der Waals surface area contributed by atoms with Gasteiger partial charge in [0.2, 0.25) is 5.91 Å². The van der Waals surface area contributed by atoms with E-state index in [1.807, 2.05) is 31.3 Å². The van der Waals surface area contributed by atoms with E-state index < -0.39 is 0 Å². The van der Waals surface area contributed by atoms with E-state index in [2.05, 4.69) is 28.2 Å². The Balaban J connectivity index is 1.78. The number of fused-ring (bicyclic) bond motifs is 1. The average Bonchev–Trinajstić information content (AvgIpc) is 2.89. The lowest BCUT2D eigenvalue weighted by atomic mass is 9.99. The highest BCUT2D eigenvalue weighted by molar-refractivity contribution is 6.01. The molecule has 0 saturated heterocycles. The van der Waals surface area contributed by atoms with E-state index in [1.165, 1.54) is 0 Å². The molecule has 0 bridgehead atoms. The van der Waals surface area contributed by atoms with Gasteiger partial charge in [0, 0.05) is 49.9 Å². The third-order valence-corrected chi connectivity index (χ3v) is 4.75. The fourth-order valence-corrected chi connectivity index (χ4v) is 3.35. The molecule has 126 valence electrons. The number of benzene rings is 1. The summed E-state index contributed by atoms with van der Waals surface area (Å²) in [6, 6.07) is 7.67. The first kappa shape index (κ1) is 15.4. The van der Waals surface area contributed by atoms with Crippen LogP contribution in [0.3, 0.4) is 0 Å². The molecule has 25 heavy (non-hydrogen) atoms. The van der Waals surface area contributed by atoms with Gasteiger partial charge in [0.1, 0.15) is 0 Å². The van der Waals surface area contributed by atoms with Crippen molar-refractivity contribution < 1.29 is 4.79 Å². The maximum Gasteiger partial charge on any atom is 0.255 e. The van der Waals surface area contributed by atoms with Gasteiger partial charge in [-0.2, -0.15) is 0 Å². The highest BCUT2D eigenvalue weighted by atomic mass is 16.2. The second-order valence-corrected chi connectivity index (χ2v) is 6.53. The molecule has 0 saturated carbocycles. The molecular formula is C20H19N3O2. The number of pyridine rings is 1. The molecule has 0 atom stereocenters. The van der Waals surface area contributed by atoms with Gasteiger partial charge in [0.05, 0.1) is 6.42 Å². The number of anilines is 1. The zero-order valence-electron chi connectivity index (χ0n) is 14.2. The van der Waals surface area contributed by atoms with Gasteiger partial charge < -0.3 is 14.8 Å². The summed E-state index contributed by atoms with van der Waals surface area (Å²) < 4.78 is 0. The van der Waals surface area contributed by atoms with Gasteiger partial charge in [0.25, 0.3) is 5.56 Å². The van der Waals surface area contributed by atoms with Crippen LogP contribution in [0.5, 0.6) is 0 Å². The van der Waals surface area contributed by atoms with Crippen LogP contribution in [0.25, 0.3) is 16.7 Å². The van der Waals surface area contributed by atoms with E-state index in [1.54, 1.807) is 18.1 Å². The van der Waals surface area contributed by atoms with Crippen LogP contribution in [0.2, 0.25) is 0 Å². The molecule has 1 N–H and O–H groups in total. The smallest absolute Gasteiger partial charge is 0.255 e. The van der Waals surface area contributed by atoms with E-state index >= 15 is 0 Å². The molecule has 5 nitrogen and oxygen atoms in total. The van der Waals surface area contributed by atoms with Crippen LogP contribution in [0.15, 0.2) is 53.6 Å². The molecule has 0 aliphatic carbocycles. The van der Waals surface area contributed by atoms with Crippen molar-refractivity contribution >= 4 is 17.2 Å². The minimum Gasteiger partial charge on any atom is -0.376 e. The topological polar surface area (TPSA) is 56.4 Å². The first-order valence-corrected chi connectivity index (χ1v) is 8.24. The normalized spacial score (nSPS) is 16.2. The number of H-pyrrole nitrogens is 1. The number of likely N-dealkylation sites (N-methyl/N-ethyl adjacent to an activating group) is 2. The van der Waals surface area contributed by atoms with Gasteiger partial charge in [-0.05, 0) is 34.9 Å². The maximum atomic E-state index is 12.4. The summed E-state index contributed by atoms with van der Waals surface area (Å²) >= 11 is 0. The van der Waals surface area contributed by atoms with Crippen molar-refractivity contribution in [2.45, 2.75) is 6.42 Å². The van der Waals surface area contributed by atoms with Crippen molar-refractivity contribution in [2.75, 3.05) is 25.5 Å². The Morgan fingerprint density at radius 1 is 1.08 bits per heavy atom. The Kier molecular flexibility index (Phi) is 3.57. The maximum absolute atomic E-state index is 12.4. The predicted octanol–water partition coefficient (Wildman–Crippen LogP) is 2.40. The minimum atomic E-state index is -0.130. The van der Waals surface area contributed by atoms with Crippen LogP contribution >= 0.6 is 0 Å². The zero-order chi connectivity index (χ0) is 17.6. The van der Waals surface area contributed by atoms with Crippen LogP contribution < -0.4 is 10.5 Å². The van der Waals surface area contributed by atoms with Gasteiger partial charge in [-0.3, -0.25) is 9.59 Å². The monoisotopic (exact) mass is 333 g/mol. The standard InChI is InChI=1S/C20H19N3O2/c1-22-7-3-4-14(12-22)16-9-17(20(25)21-11-16)13-5-6-18-15(8-13)10-19(24)23(18)2/h3-6,8-9,11-12H,7,10H2,1-2H3,(H,21,25). The molecule has 0 fully saturated rings. The number of nitrogens with zero attached hydrogens (tertiary/aromatic N) is 2. The molecule has 2 aromatic rings. The Morgan fingerprint density at radius 3 is 2.72 bits per heavy atom. The van der Waals surface area contributed by atoms with E-state index in [4.69, 9.17) is 0 Å². The third kappa shape index (κ3) is 2.67. The second-order valence-electron chi connectivity index (χ2n) is 6.53. The summed E-state index contributed by atoms with van der Waals surface area (Å²) in [6.45, 7) is 0.881. The molecule has 1 aromatic carbocycles. The summed E-state index contributed by atoms with van der Waals surface area (Å²) in [6.07, 6.45) is 8.35. The fourth-order valence-electron chi connectivity index (χ4n) is 3.35. The Labute approximate surface area is 145 Å². The number of aromatic nitrogens is 1. The van der Waals surface area contributed by atoms with E-state index in [9.17, 15) is 9.59 Å². The van der Waals surface area contributed by atoms with Crippen LogP contribution in [-0.4, -0.2) is 36.4 Å². The van der Waals surface area contributed by atoms with Crippen LogP contribution in [0, 0.1) is 0 Å². The highest BCUT2D eigenvalue weighted by Gasteiger charge is 2.24. The van der Waals surface area contributed by atoms with Crippen molar-refractivity contribution in [1.82, 2.24) is 9.88 Å². The number of carbonyl (C=O) groups excluding carboxylic acids is 1. The quantitative estimate of drug-likeness (QED) is 0.918. The first-order valence-electron chi connectivity index (χ1n) is 8.24. The highest BCUT2D eigenvalue weighted by Crippen LogP contribution is 2.31. The van der Waals surface area contributed by atoms with E-state index in [0.29, 0.717) is 12.0 Å². The Morgan fingerprint density at radius 2 is 1.92 bits per heavy atom. The molecule has 1 amide bonds. The summed E-state index contributed by atoms with van der Waals surface area (Å²) in [5.41, 5.74) is 5.22. The minimum absolute atomic E-state index is 0.0790. The summed E-state index contributed by atoms with van der Waals surface area (Å²) in [7, 11) is 3.80. The number of amides is 1. The molecular weight excluding hydrogens is 314 g/mol. The molecule has 4 rings (SSSR count). The van der Waals surface area contributed by atoms with Crippen LogP contribution in [0.4, 0.5) is 5.69 Å². The number of nitrogens with one attached hydrogen (secondary N) is 1. The van der Waals surface area contributed by atoms with E-state index in [-0.39, 0.29) is 11.5 Å². The van der Waals surface area contributed by atoms with Crippen molar-refractivity contribution in [1.29, 1.82) is 0 Å². The van der Waals surface area contributed by atoms with Crippen LogP contribution in [0.1, 0.15) is 11.1 Å². The van der Waals surface area contributed by atoms with Gasteiger partial charge in [0.15, 0.2) is 0 Å². The molecule has 5 heteroatoms. The number of allylic oxidation sites excluding steroid dienone is 2.